The van der Waals surface area contributed by atoms with Crippen LogP contribution in [0.15, 0.2) is 30.3 Å². The van der Waals surface area contributed by atoms with Crippen molar-refractivity contribution < 1.29 is 4.74 Å². The lowest BCUT2D eigenvalue weighted by Gasteiger charge is -2.14. The number of ether oxygens (including phenoxy) is 1. The zero-order chi connectivity index (χ0) is 13.0. The smallest absolute Gasteiger partial charge is 0.167 e. The topological polar surface area (TPSA) is 76.8 Å². The van der Waals surface area contributed by atoms with Crippen LogP contribution in [-0.2, 0) is 4.74 Å². The molecule has 5 heteroatoms. The molecule has 0 saturated heterocycles. The first-order chi connectivity index (χ1) is 8.72. The zero-order valence-corrected chi connectivity index (χ0v) is 10.6. The predicted molar refractivity (Wildman–Crippen MR) is 68.9 cm³/mol. The fourth-order valence-electron chi connectivity index (χ4n) is 1.74. The molecule has 1 aromatic carbocycles. The van der Waals surface area contributed by atoms with Crippen molar-refractivity contribution in [2.24, 2.45) is 5.73 Å². The highest BCUT2D eigenvalue weighted by atomic mass is 16.5. The Morgan fingerprint density at radius 2 is 2.06 bits per heavy atom. The Kier molecular flexibility index (Phi) is 4.07. The number of nitrogens with two attached hydrogens (primary N) is 1. The second-order valence-corrected chi connectivity index (χ2v) is 4.11. The third kappa shape index (κ3) is 2.75. The van der Waals surface area contributed by atoms with Crippen LogP contribution >= 0.6 is 0 Å². The van der Waals surface area contributed by atoms with E-state index in [2.05, 4.69) is 15.2 Å². The number of aromatic amines is 1. The SMILES string of the molecule is CCOC(c1ccccc1)c1nc(C(C)N)n[nH]1. The summed E-state index contributed by atoms with van der Waals surface area (Å²) in [5, 5.41) is 7.01. The van der Waals surface area contributed by atoms with Crippen molar-refractivity contribution in [2.45, 2.75) is 26.0 Å². The summed E-state index contributed by atoms with van der Waals surface area (Å²) >= 11 is 0. The molecule has 0 radical (unpaired) electrons. The first kappa shape index (κ1) is 12.7. The first-order valence-corrected chi connectivity index (χ1v) is 6.06. The van der Waals surface area contributed by atoms with Gasteiger partial charge in [0.2, 0.25) is 0 Å². The van der Waals surface area contributed by atoms with Crippen molar-refractivity contribution >= 4 is 0 Å². The van der Waals surface area contributed by atoms with E-state index in [9.17, 15) is 0 Å². The molecule has 5 nitrogen and oxygen atoms in total. The summed E-state index contributed by atoms with van der Waals surface area (Å²) < 4.78 is 5.73. The van der Waals surface area contributed by atoms with Gasteiger partial charge in [0.15, 0.2) is 11.6 Å². The second kappa shape index (κ2) is 5.75. The molecule has 0 fully saturated rings. The third-order valence-electron chi connectivity index (χ3n) is 2.61. The summed E-state index contributed by atoms with van der Waals surface area (Å²) in [4.78, 5) is 4.39. The van der Waals surface area contributed by atoms with Crippen molar-refractivity contribution in [3.63, 3.8) is 0 Å². The summed E-state index contributed by atoms with van der Waals surface area (Å²) in [6.45, 7) is 4.41. The van der Waals surface area contributed by atoms with Crippen LogP contribution in [0.4, 0.5) is 0 Å². The number of benzene rings is 1. The maximum atomic E-state index is 5.75. The van der Waals surface area contributed by atoms with Crippen LogP contribution in [0.2, 0.25) is 0 Å². The molecule has 2 rings (SSSR count). The molecule has 1 heterocycles. The Balaban J connectivity index is 2.29. The van der Waals surface area contributed by atoms with E-state index in [1.807, 2.05) is 44.2 Å². The largest absolute Gasteiger partial charge is 0.366 e. The molecule has 0 saturated carbocycles. The van der Waals surface area contributed by atoms with E-state index >= 15 is 0 Å². The maximum Gasteiger partial charge on any atom is 0.167 e. The molecule has 3 N–H and O–H groups in total. The average Bonchev–Trinajstić information content (AvgIpc) is 2.86. The Morgan fingerprint density at radius 3 is 2.61 bits per heavy atom. The van der Waals surface area contributed by atoms with E-state index in [4.69, 9.17) is 10.5 Å². The highest BCUT2D eigenvalue weighted by molar-refractivity contribution is 5.23. The molecule has 2 aromatic rings. The molecule has 0 aliphatic carbocycles. The van der Waals surface area contributed by atoms with Gasteiger partial charge in [-0.05, 0) is 19.4 Å². The van der Waals surface area contributed by atoms with Crippen molar-refractivity contribution in [3.8, 4) is 0 Å². The maximum absolute atomic E-state index is 5.75. The minimum atomic E-state index is -0.226. The summed E-state index contributed by atoms with van der Waals surface area (Å²) in [6.07, 6.45) is -0.226. The van der Waals surface area contributed by atoms with Gasteiger partial charge in [-0.1, -0.05) is 30.3 Å². The lowest BCUT2D eigenvalue weighted by atomic mass is 10.1. The van der Waals surface area contributed by atoms with Gasteiger partial charge in [0.25, 0.3) is 0 Å². The molecule has 0 bridgehead atoms. The van der Waals surface area contributed by atoms with Gasteiger partial charge in [0, 0.05) is 6.61 Å². The summed E-state index contributed by atoms with van der Waals surface area (Å²) in [5.41, 5.74) is 6.80. The predicted octanol–water partition coefficient (Wildman–Crippen LogP) is 1.95. The Hall–Kier alpha value is -1.72. The van der Waals surface area contributed by atoms with Crippen LogP contribution in [0.5, 0.6) is 0 Å². The first-order valence-electron chi connectivity index (χ1n) is 6.06. The van der Waals surface area contributed by atoms with Crippen LogP contribution in [-0.4, -0.2) is 21.8 Å². The van der Waals surface area contributed by atoms with Gasteiger partial charge in [0.1, 0.15) is 6.10 Å². The molecular weight excluding hydrogens is 228 g/mol. The van der Waals surface area contributed by atoms with Gasteiger partial charge in [-0.15, -0.1) is 0 Å². The van der Waals surface area contributed by atoms with E-state index in [-0.39, 0.29) is 12.1 Å². The molecule has 0 amide bonds. The van der Waals surface area contributed by atoms with Crippen LogP contribution in [0, 0.1) is 0 Å². The molecule has 0 spiro atoms. The van der Waals surface area contributed by atoms with Crippen molar-refractivity contribution in [1.82, 2.24) is 15.2 Å². The standard InChI is InChI=1S/C13H18N4O/c1-3-18-11(10-7-5-4-6-8-10)13-15-12(9(2)14)16-17-13/h4-9,11H,3,14H2,1-2H3,(H,15,16,17). The number of nitrogens with one attached hydrogen (secondary N) is 1. The Morgan fingerprint density at radius 1 is 1.33 bits per heavy atom. The van der Waals surface area contributed by atoms with Crippen molar-refractivity contribution in [2.75, 3.05) is 6.61 Å². The number of nitrogens with zero attached hydrogens (tertiary/aromatic N) is 2. The average molecular weight is 246 g/mol. The van der Waals surface area contributed by atoms with Crippen molar-refractivity contribution in [3.05, 3.63) is 47.5 Å². The summed E-state index contributed by atoms with van der Waals surface area (Å²) in [6, 6.07) is 9.75. The zero-order valence-electron chi connectivity index (χ0n) is 10.6. The van der Waals surface area contributed by atoms with Gasteiger partial charge in [-0.3, -0.25) is 5.10 Å². The molecule has 18 heavy (non-hydrogen) atoms. The highest BCUT2D eigenvalue weighted by Crippen LogP contribution is 2.23. The quantitative estimate of drug-likeness (QED) is 0.845. The minimum Gasteiger partial charge on any atom is -0.366 e. The van der Waals surface area contributed by atoms with E-state index in [1.165, 1.54) is 0 Å². The Labute approximate surface area is 106 Å². The van der Waals surface area contributed by atoms with Gasteiger partial charge in [-0.25, -0.2) is 4.98 Å². The summed E-state index contributed by atoms with van der Waals surface area (Å²) in [7, 11) is 0. The van der Waals surface area contributed by atoms with Crippen molar-refractivity contribution in [1.29, 1.82) is 0 Å². The van der Waals surface area contributed by atoms with Crippen LogP contribution in [0.3, 0.4) is 0 Å². The van der Waals surface area contributed by atoms with E-state index in [1.54, 1.807) is 0 Å². The second-order valence-electron chi connectivity index (χ2n) is 4.11. The van der Waals surface area contributed by atoms with E-state index < -0.39 is 0 Å². The minimum absolute atomic E-state index is 0.187. The van der Waals surface area contributed by atoms with Gasteiger partial charge in [0.05, 0.1) is 6.04 Å². The normalized spacial score (nSPS) is 14.4. The van der Waals surface area contributed by atoms with Crippen LogP contribution in [0.1, 0.15) is 43.2 Å². The third-order valence-corrected chi connectivity index (χ3v) is 2.61. The van der Waals surface area contributed by atoms with Gasteiger partial charge in [-0.2, -0.15) is 5.10 Å². The molecular formula is C13H18N4O. The van der Waals surface area contributed by atoms with Crippen LogP contribution < -0.4 is 5.73 Å². The van der Waals surface area contributed by atoms with Crippen LogP contribution in [0.25, 0.3) is 0 Å². The van der Waals surface area contributed by atoms with Gasteiger partial charge < -0.3 is 10.5 Å². The number of aromatic nitrogens is 3. The molecule has 2 atom stereocenters. The monoisotopic (exact) mass is 246 g/mol. The Bertz CT molecular complexity index is 481. The molecule has 1 aromatic heterocycles. The fraction of sp³-hybridized carbons (Fsp3) is 0.385. The molecule has 96 valence electrons. The lowest BCUT2D eigenvalue weighted by molar-refractivity contribution is 0.0853. The molecule has 0 aliphatic heterocycles. The fourth-order valence-corrected chi connectivity index (χ4v) is 1.74. The molecule has 0 aliphatic rings. The lowest BCUT2D eigenvalue weighted by Crippen LogP contribution is -2.09. The summed E-state index contributed by atoms with van der Waals surface area (Å²) in [5.74, 6) is 1.29. The molecule has 2 unspecified atom stereocenters. The number of rotatable bonds is 5. The van der Waals surface area contributed by atoms with E-state index in [0.29, 0.717) is 18.3 Å². The number of hydrogen-bond donors (Lipinski definition) is 2. The van der Waals surface area contributed by atoms with E-state index in [0.717, 1.165) is 5.56 Å². The van der Waals surface area contributed by atoms with Gasteiger partial charge >= 0.3 is 0 Å². The highest BCUT2D eigenvalue weighted by Gasteiger charge is 2.19. The number of hydrogen-bond acceptors (Lipinski definition) is 4. The number of H-pyrrole nitrogens is 1.